The van der Waals surface area contributed by atoms with Crippen LogP contribution in [0.3, 0.4) is 0 Å². The Hall–Kier alpha value is -1.76. The number of hydrogen-bond acceptors (Lipinski definition) is 4. The van der Waals surface area contributed by atoms with Crippen LogP contribution in [0.5, 0.6) is 0 Å². The van der Waals surface area contributed by atoms with Crippen LogP contribution in [-0.2, 0) is 11.8 Å². The van der Waals surface area contributed by atoms with Gasteiger partial charge in [0.05, 0.1) is 0 Å². The molecule has 0 unspecified atom stereocenters. The van der Waals surface area contributed by atoms with Gasteiger partial charge in [0.25, 0.3) is 11.5 Å². The van der Waals surface area contributed by atoms with Gasteiger partial charge >= 0.3 is 0 Å². The molecule has 0 saturated heterocycles. The highest BCUT2D eigenvalue weighted by molar-refractivity contribution is 7.80. The zero-order valence-corrected chi connectivity index (χ0v) is 14.9. The van der Waals surface area contributed by atoms with Crippen molar-refractivity contribution in [2.75, 3.05) is 12.3 Å². The molecule has 2 rings (SSSR count). The fourth-order valence-corrected chi connectivity index (χ4v) is 3.17. The van der Waals surface area contributed by atoms with E-state index in [0.29, 0.717) is 25.1 Å². The van der Waals surface area contributed by atoms with E-state index in [4.69, 9.17) is 0 Å². The molecule has 0 radical (unpaired) electrons. The first-order valence-electron chi connectivity index (χ1n) is 8.37. The van der Waals surface area contributed by atoms with Crippen molar-refractivity contribution in [2.45, 2.75) is 44.1 Å². The summed E-state index contributed by atoms with van der Waals surface area (Å²) >= 11 is 4.12. The van der Waals surface area contributed by atoms with Crippen LogP contribution in [0.4, 0.5) is 0 Å². The van der Waals surface area contributed by atoms with Crippen LogP contribution in [0.25, 0.3) is 0 Å². The lowest BCUT2D eigenvalue weighted by Gasteiger charge is -2.32. The van der Waals surface area contributed by atoms with E-state index in [1.165, 1.54) is 10.6 Å². The zero-order valence-electron chi connectivity index (χ0n) is 14.0. The molecule has 1 aromatic rings. The number of rotatable bonds is 5. The van der Waals surface area contributed by atoms with Gasteiger partial charge in [-0.25, -0.2) is 0 Å². The summed E-state index contributed by atoms with van der Waals surface area (Å²) in [5.74, 6) is 0.0103. The molecule has 0 spiro atoms. The normalized spacial score (nSPS) is 16.9. The van der Waals surface area contributed by atoms with Crippen LogP contribution < -0.4 is 16.2 Å². The molecule has 0 aliphatic heterocycles. The molecule has 132 valence electrons. The molecule has 0 bridgehead atoms. The second-order valence-electron chi connectivity index (χ2n) is 6.29. The Balaban J connectivity index is 2.23. The van der Waals surface area contributed by atoms with E-state index in [1.54, 1.807) is 19.3 Å². The lowest BCUT2D eigenvalue weighted by molar-refractivity contribution is -0.127. The first kappa shape index (κ1) is 18.6. The third-order valence-electron chi connectivity index (χ3n) is 4.51. The third-order valence-corrected chi connectivity index (χ3v) is 4.73. The van der Waals surface area contributed by atoms with Crippen molar-refractivity contribution in [3.05, 3.63) is 34.2 Å². The number of carbonyl (C=O) groups is 2. The Morgan fingerprint density at radius 1 is 1.25 bits per heavy atom. The first-order valence-corrected chi connectivity index (χ1v) is 9.00. The number of thiol groups is 1. The van der Waals surface area contributed by atoms with Crippen molar-refractivity contribution in [2.24, 2.45) is 7.05 Å². The summed E-state index contributed by atoms with van der Waals surface area (Å²) in [4.78, 5) is 37.1. The van der Waals surface area contributed by atoms with Crippen LogP contribution in [0.2, 0.25) is 0 Å². The summed E-state index contributed by atoms with van der Waals surface area (Å²) < 4.78 is 1.40. The fourth-order valence-electron chi connectivity index (χ4n) is 3.06. The van der Waals surface area contributed by atoms with Gasteiger partial charge in [-0.1, -0.05) is 25.7 Å². The van der Waals surface area contributed by atoms with Gasteiger partial charge in [-0.15, -0.1) is 0 Å². The van der Waals surface area contributed by atoms with Crippen LogP contribution in [0, 0.1) is 0 Å². The molecule has 0 aromatic carbocycles. The van der Waals surface area contributed by atoms with E-state index in [2.05, 4.69) is 23.3 Å². The Morgan fingerprint density at radius 2 is 1.92 bits per heavy atom. The number of hydrogen-bond donors (Lipinski definition) is 3. The van der Waals surface area contributed by atoms with Gasteiger partial charge in [-0.2, -0.15) is 12.6 Å². The number of nitrogens with one attached hydrogen (secondary N) is 2. The Labute approximate surface area is 147 Å². The molecule has 24 heavy (non-hydrogen) atoms. The predicted molar refractivity (Wildman–Crippen MR) is 96.4 cm³/mol. The molecule has 6 nitrogen and oxygen atoms in total. The van der Waals surface area contributed by atoms with Gasteiger partial charge in [-0.05, 0) is 18.9 Å². The minimum Gasteiger partial charge on any atom is -0.353 e. The summed E-state index contributed by atoms with van der Waals surface area (Å²) in [6.45, 7) is 0.464. The van der Waals surface area contributed by atoms with Crippen LogP contribution in [0.1, 0.15) is 48.9 Å². The summed E-state index contributed by atoms with van der Waals surface area (Å²) in [5.41, 5.74) is -0.877. The zero-order chi connectivity index (χ0) is 17.6. The minimum absolute atomic E-state index is 0.157. The van der Waals surface area contributed by atoms with E-state index < -0.39 is 5.54 Å². The van der Waals surface area contributed by atoms with Crippen molar-refractivity contribution >= 4 is 24.4 Å². The van der Waals surface area contributed by atoms with E-state index >= 15 is 0 Å². The topological polar surface area (TPSA) is 80.2 Å². The monoisotopic (exact) mass is 351 g/mol. The molecule has 1 aliphatic carbocycles. The number of carbonyl (C=O) groups excluding carboxylic acids is 2. The third kappa shape index (κ3) is 4.41. The van der Waals surface area contributed by atoms with Crippen molar-refractivity contribution in [1.29, 1.82) is 0 Å². The van der Waals surface area contributed by atoms with E-state index in [-0.39, 0.29) is 22.9 Å². The molecule has 2 N–H and O–H groups in total. The molecule has 1 aliphatic rings. The maximum absolute atomic E-state index is 12.7. The maximum atomic E-state index is 12.7. The van der Waals surface area contributed by atoms with Crippen molar-refractivity contribution in [3.8, 4) is 0 Å². The van der Waals surface area contributed by atoms with Gasteiger partial charge in [-0.3, -0.25) is 14.4 Å². The highest BCUT2D eigenvalue weighted by Crippen LogP contribution is 2.28. The fraction of sp³-hybridized carbons (Fsp3) is 0.588. The predicted octanol–water partition coefficient (Wildman–Crippen LogP) is 1.25. The van der Waals surface area contributed by atoms with E-state index in [0.717, 1.165) is 25.7 Å². The summed E-state index contributed by atoms with van der Waals surface area (Å²) in [7, 11) is 1.63. The molecule has 1 aromatic heterocycles. The van der Waals surface area contributed by atoms with Crippen LogP contribution >= 0.6 is 12.6 Å². The molecule has 1 heterocycles. The van der Waals surface area contributed by atoms with Gasteiger partial charge in [0, 0.05) is 37.2 Å². The molecule has 0 atom stereocenters. The number of nitrogens with zero attached hydrogens (tertiary/aromatic N) is 1. The molecular weight excluding hydrogens is 326 g/mol. The number of aryl methyl sites for hydroxylation is 1. The van der Waals surface area contributed by atoms with Gasteiger partial charge in [0.2, 0.25) is 5.91 Å². The highest BCUT2D eigenvalue weighted by Gasteiger charge is 2.39. The summed E-state index contributed by atoms with van der Waals surface area (Å²) in [6.07, 6.45) is 6.69. The molecule has 1 saturated carbocycles. The van der Waals surface area contributed by atoms with Gasteiger partial charge in [0.1, 0.15) is 5.54 Å². The van der Waals surface area contributed by atoms with Crippen LogP contribution in [-0.4, -0.2) is 34.2 Å². The maximum Gasteiger partial charge on any atom is 0.252 e. The summed E-state index contributed by atoms with van der Waals surface area (Å²) in [6, 6.07) is 2.89. The lowest BCUT2D eigenvalue weighted by Crippen LogP contribution is -2.58. The second-order valence-corrected chi connectivity index (χ2v) is 6.74. The standard InChI is InChI=1S/C17H25N3O3S/c1-20-10-6-13(12-14(20)21)15(22)19-17(16(23)18-9-11-24)7-4-2-3-5-8-17/h6,10,12,24H,2-5,7-9,11H2,1H3,(H,18,23)(H,19,22). The van der Waals surface area contributed by atoms with E-state index in [9.17, 15) is 14.4 Å². The second kappa shape index (κ2) is 8.37. The van der Waals surface area contributed by atoms with Gasteiger partial charge in [0.15, 0.2) is 0 Å². The van der Waals surface area contributed by atoms with Crippen molar-refractivity contribution in [3.63, 3.8) is 0 Å². The van der Waals surface area contributed by atoms with Gasteiger partial charge < -0.3 is 15.2 Å². The van der Waals surface area contributed by atoms with Crippen molar-refractivity contribution in [1.82, 2.24) is 15.2 Å². The largest absolute Gasteiger partial charge is 0.353 e. The Bertz CT molecular complexity index is 649. The van der Waals surface area contributed by atoms with Crippen LogP contribution in [0.15, 0.2) is 23.1 Å². The average Bonchev–Trinajstić information content (AvgIpc) is 2.81. The molecular formula is C17H25N3O3S. The quantitative estimate of drug-likeness (QED) is 0.552. The van der Waals surface area contributed by atoms with E-state index in [1.807, 2.05) is 0 Å². The summed E-state index contributed by atoms with van der Waals surface area (Å²) in [5, 5.41) is 5.77. The lowest BCUT2D eigenvalue weighted by atomic mass is 9.88. The highest BCUT2D eigenvalue weighted by atomic mass is 32.1. The number of amides is 2. The SMILES string of the molecule is Cn1ccc(C(=O)NC2(C(=O)NCCS)CCCCCC2)cc1=O. The smallest absolute Gasteiger partial charge is 0.252 e. The molecule has 7 heteroatoms. The molecule has 1 fully saturated rings. The van der Waals surface area contributed by atoms with Crippen molar-refractivity contribution < 1.29 is 9.59 Å². The Kier molecular flexibility index (Phi) is 6.48. The molecule has 2 amide bonds. The first-order chi connectivity index (χ1) is 11.5. The number of pyridine rings is 1. The average molecular weight is 351 g/mol. The Morgan fingerprint density at radius 3 is 2.50 bits per heavy atom. The minimum atomic E-state index is -0.905. The number of aromatic nitrogens is 1.